The highest BCUT2D eigenvalue weighted by Gasteiger charge is 2.42. The number of nitrogens with one attached hydrogen (secondary N) is 10. The van der Waals surface area contributed by atoms with Crippen LogP contribution in [-0.2, 0) is 79.3 Å². The largest absolute Gasteiger partial charge is 0.377 e. The van der Waals surface area contributed by atoms with Crippen molar-refractivity contribution >= 4 is 129 Å². The molecule has 0 spiro atoms. The van der Waals surface area contributed by atoms with E-state index in [2.05, 4.69) is 41.3 Å². The third kappa shape index (κ3) is 21.9. The zero-order valence-electron chi connectivity index (χ0n) is 57.8. The van der Waals surface area contributed by atoms with Crippen molar-refractivity contribution in [2.45, 2.75) is 108 Å². The Morgan fingerprint density at radius 2 is 0.654 bits per heavy atom. The normalized spacial score (nSPS) is 13.8. The number of sulfonamides is 2. The molecule has 0 heterocycles. The predicted octanol–water partition coefficient (Wildman–Crippen LogP) is 5.48. The highest BCUT2D eigenvalue weighted by Crippen LogP contribution is 2.32. The van der Waals surface area contributed by atoms with Gasteiger partial charge in [-0.2, -0.15) is 9.44 Å². The highest BCUT2D eigenvalue weighted by molar-refractivity contribution is 7.90. The molecular formula is C75H86Cl2N14O11S2. The quantitative estimate of drug-likeness (QED) is 0.00749. The summed E-state index contributed by atoms with van der Waals surface area (Å²) in [7, 11) is -1.75. The minimum atomic E-state index is -4.52. The first-order valence-electron chi connectivity index (χ1n) is 33.5. The molecule has 0 aliphatic rings. The van der Waals surface area contributed by atoms with Crippen LogP contribution in [0.4, 0.5) is 11.4 Å². The maximum atomic E-state index is 15.0. The van der Waals surface area contributed by atoms with Gasteiger partial charge in [-0.3, -0.25) is 44.4 Å². The van der Waals surface area contributed by atoms with E-state index in [0.29, 0.717) is 43.8 Å². The van der Waals surface area contributed by atoms with Gasteiger partial charge in [-0.1, -0.05) is 170 Å². The molecule has 0 radical (unpaired) electrons. The Labute approximate surface area is 615 Å². The third-order valence-electron chi connectivity index (χ3n) is 17.2. The van der Waals surface area contributed by atoms with Gasteiger partial charge in [0.25, 0.3) is 0 Å². The van der Waals surface area contributed by atoms with Crippen LogP contribution in [0.25, 0.3) is 21.5 Å². The maximum Gasteiger partial charge on any atom is 0.243 e. The van der Waals surface area contributed by atoms with Gasteiger partial charge >= 0.3 is 0 Å². The van der Waals surface area contributed by atoms with Crippen LogP contribution in [0.1, 0.15) is 47.9 Å². The summed E-state index contributed by atoms with van der Waals surface area (Å²) in [6.07, 6.45) is -1.35. The smallest absolute Gasteiger partial charge is 0.243 e. The van der Waals surface area contributed by atoms with E-state index >= 15 is 0 Å². The van der Waals surface area contributed by atoms with Crippen LogP contribution in [0.2, 0.25) is 0 Å². The average Bonchev–Trinajstić information content (AvgIpc) is 0.779. The van der Waals surface area contributed by atoms with Gasteiger partial charge < -0.3 is 53.2 Å². The lowest BCUT2D eigenvalue weighted by Crippen LogP contribution is -2.58. The van der Waals surface area contributed by atoms with Crippen molar-refractivity contribution < 1.29 is 50.4 Å². The Morgan fingerprint density at radius 1 is 0.375 bits per heavy atom. The molecule has 0 aliphatic heterocycles. The van der Waals surface area contributed by atoms with E-state index in [4.69, 9.17) is 45.5 Å². The Morgan fingerprint density at radius 3 is 0.962 bits per heavy atom. The summed E-state index contributed by atoms with van der Waals surface area (Å²) in [5.74, 6) is -8.34. The predicted molar refractivity (Wildman–Crippen MR) is 406 cm³/mol. The van der Waals surface area contributed by atoms with Crippen molar-refractivity contribution in [2.24, 2.45) is 11.5 Å². The van der Waals surface area contributed by atoms with Gasteiger partial charge in [-0.25, -0.2) is 16.8 Å². The molecule has 8 atom stereocenters. The summed E-state index contributed by atoms with van der Waals surface area (Å²) in [6, 6.07) is 44.6. The van der Waals surface area contributed by atoms with Crippen molar-refractivity contribution in [3.63, 3.8) is 0 Å². The number of benzene rings is 8. The van der Waals surface area contributed by atoms with Crippen LogP contribution in [-0.4, -0.2) is 158 Å². The minimum Gasteiger partial charge on any atom is -0.377 e. The van der Waals surface area contributed by atoms with Crippen molar-refractivity contribution in [3.05, 3.63) is 216 Å². The second-order valence-corrected chi connectivity index (χ2v) is 29.5. The molecule has 29 heteroatoms. The molecule has 0 aliphatic carbocycles. The van der Waals surface area contributed by atoms with Gasteiger partial charge in [0.1, 0.15) is 24.2 Å². The van der Waals surface area contributed by atoms with Gasteiger partial charge in [0.2, 0.25) is 43.7 Å². The summed E-state index contributed by atoms with van der Waals surface area (Å²) >= 11 is 13.6. The minimum absolute atomic E-state index is 0.00212. The first kappa shape index (κ1) is 79.4. The standard InChI is InChI=1S/C75H86Cl2N14O11S2/c1-90(2)61-37-17-33-53-51(61)31-19-39-63(53)103(99,100)88-59(45-49-27-13-7-14-28-49)72(97)86-57(43-47-23-9-5-10-24-47)70(95)84-55(35-21-41-82-74(78)79)67(92)65(76)69(94)66(77)68(93)56(36-22-42-83-75(80)81)85-71(96)58(44-48-25-11-6-12-26-48)87-73(98)60(46-50-29-15-8-16-30-50)89-104(101,102)64-40-20-32-52-54(64)34-18-38-62(52)91(3)4/h5-20,23-34,37-40,55-60,65-66,88-89H,21-22,35-36,41-46H2,1-4H3,(H,84,95)(H,85,96)(H,86,97)(H,87,98)(H4,78,79,82)(H4,80,81,83)/t55-,56-,57-,58-,59-,60-,65?,66?/m0/s1. The molecule has 14 N–H and O–H groups in total. The summed E-state index contributed by atoms with van der Waals surface area (Å²) in [4.78, 5) is 108. The summed E-state index contributed by atoms with van der Waals surface area (Å²) in [5, 5.41) is 28.9. The Bertz CT molecular complexity index is 4320. The van der Waals surface area contributed by atoms with Crippen molar-refractivity contribution in [2.75, 3.05) is 51.1 Å². The van der Waals surface area contributed by atoms with E-state index in [1.165, 1.54) is 12.1 Å². The molecule has 2 unspecified atom stereocenters. The van der Waals surface area contributed by atoms with E-state index in [9.17, 15) is 50.4 Å². The number of fused-ring (bicyclic) bond motifs is 2. The summed E-state index contributed by atoms with van der Waals surface area (Å²) in [6.45, 7) is -0.0493. The molecule has 0 fully saturated rings. The van der Waals surface area contributed by atoms with E-state index in [1.807, 2.05) is 50.1 Å². The maximum absolute atomic E-state index is 15.0. The number of nitrogens with zero attached hydrogens (tertiary/aromatic N) is 2. The monoisotopic (exact) mass is 1490 g/mol. The number of anilines is 2. The molecule has 0 aromatic heterocycles. The molecule has 0 saturated heterocycles. The van der Waals surface area contributed by atoms with Crippen molar-refractivity contribution in [1.82, 2.24) is 41.3 Å². The number of hydrogen-bond donors (Lipinski definition) is 12. The zero-order chi connectivity index (χ0) is 75.3. The van der Waals surface area contributed by atoms with Crippen LogP contribution >= 0.6 is 23.2 Å². The van der Waals surface area contributed by atoms with Crippen LogP contribution < -0.4 is 62.6 Å². The van der Waals surface area contributed by atoms with Crippen LogP contribution in [0.5, 0.6) is 0 Å². The number of halogens is 2. The van der Waals surface area contributed by atoms with E-state index < -0.39 is 120 Å². The summed E-state index contributed by atoms with van der Waals surface area (Å²) < 4.78 is 63.7. The molecule has 8 rings (SSSR count). The lowest BCUT2D eigenvalue weighted by molar-refractivity contribution is -0.135. The van der Waals surface area contributed by atoms with Crippen molar-refractivity contribution in [3.8, 4) is 0 Å². The number of rotatable bonds is 38. The number of carbonyl (C=O) groups is 7. The fraction of sp³-hybridized carbons (Fsp3) is 0.293. The Balaban J connectivity index is 1.06. The van der Waals surface area contributed by atoms with Crippen LogP contribution in [0.15, 0.2) is 204 Å². The van der Waals surface area contributed by atoms with Crippen molar-refractivity contribution in [1.29, 1.82) is 10.8 Å². The van der Waals surface area contributed by atoms with E-state index in [-0.39, 0.29) is 74.2 Å². The second kappa shape index (κ2) is 37.2. The fourth-order valence-electron chi connectivity index (χ4n) is 12.0. The number of amides is 4. The molecule has 104 heavy (non-hydrogen) atoms. The van der Waals surface area contributed by atoms with Crippen LogP contribution in [0, 0.1) is 10.8 Å². The summed E-state index contributed by atoms with van der Waals surface area (Å²) in [5.41, 5.74) is 14.8. The first-order valence-corrected chi connectivity index (χ1v) is 37.3. The fourth-order valence-corrected chi connectivity index (χ4v) is 15.4. The van der Waals surface area contributed by atoms with E-state index in [0.717, 1.165) is 11.4 Å². The number of Topliss-reactive ketones (excluding diaryl/α,β-unsaturated/α-hetero) is 3. The van der Waals surface area contributed by atoms with Gasteiger partial charge in [0.15, 0.2) is 40.0 Å². The zero-order valence-corrected chi connectivity index (χ0v) is 60.9. The number of nitrogens with two attached hydrogens (primary N) is 2. The molecule has 8 aromatic carbocycles. The molecule has 25 nitrogen and oxygen atoms in total. The molecule has 0 saturated carbocycles. The molecule has 548 valence electrons. The molecule has 4 amide bonds. The van der Waals surface area contributed by atoms with Gasteiger partial charge in [-0.15, -0.1) is 23.2 Å². The van der Waals surface area contributed by atoms with Gasteiger partial charge in [0, 0.05) is 87.0 Å². The lowest BCUT2D eigenvalue weighted by Gasteiger charge is -2.27. The Kier molecular flexibility index (Phi) is 28.4. The highest BCUT2D eigenvalue weighted by atomic mass is 35.5. The molecular weight excluding hydrogens is 1410 g/mol. The number of hydrogen-bond acceptors (Lipinski definition) is 15. The average molecular weight is 1490 g/mol. The van der Waals surface area contributed by atoms with E-state index in [1.54, 1.807) is 170 Å². The van der Waals surface area contributed by atoms with Crippen LogP contribution in [0.3, 0.4) is 0 Å². The number of ketones is 3. The first-order chi connectivity index (χ1) is 49.6. The third-order valence-corrected chi connectivity index (χ3v) is 21.1. The Hall–Kier alpha value is -10.3. The topological polar surface area (TPSA) is 390 Å². The molecule has 8 aromatic rings. The number of carbonyl (C=O) groups excluding carboxylic acids is 7. The number of alkyl halides is 2. The second-order valence-electron chi connectivity index (χ2n) is 25.3. The van der Waals surface area contributed by atoms with Gasteiger partial charge in [0.05, 0.1) is 21.9 Å². The SMILES string of the molecule is CN(C)c1cccc2c(S(=O)(=O)N[C@@H](Cc3ccccc3)C(=O)N[C@@H](Cc3ccccc3)C(=O)N[C@@H](CCCNC(=N)N)C(=O)C(Cl)C(=O)C(Cl)C(=O)[C@H](CCCNC(=N)N)NC(=O)[C@H](Cc3ccccc3)NC(=O)[C@H](Cc3ccccc3)NS(=O)(=O)c3cccc4c(N(C)C)cccc34)cccc12. The van der Waals surface area contributed by atoms with Gasteiger partial charge in [-0.05, 0) is 85.0 Å². The number of guanidine groups is 2. The molecule has 0 bridgehead atoms. The lowest BCUT2D eigenvalue weighted by atomic mass is 9.95.